The van der Waals surface area contributed by atoms with Crippen molar-refractivity contribution >= 4 is 40.8 Å². The van der Waals surface area contributed by atoms with Crippen LogP contribution in [0, 0.1) is 6.92 Å². The zero-order chi connectivity index (χ0) is 26.3. The van der Waals surface area contributed by atoms with E-state index in [-0.39, 0.29) is 5.88 Å². The number of aliphatic imine (C=N–C) groups is 1. The molecule has 38 heavy (non-hydrogen) atoms. The van der Waals surface area contributed by atoms with Crippen molar-refractivity contribution in [2.75, 3.05) is 43.6 Å². The molecule has 1 fully saturated rings. The van der Waals surface area contributed by atoms with Crippen LogP contribution < -0.4 is 19.7 Å². The van der Waals surface area contributed by atoms with Crippen molar-refractivity contribution in [2.45, 2.75) is 6.92 Å². The lowest BCUT2D eigenvalue weighted by molar-refractivity contribution is 0.122. The van der Waals surface area contributed by atoms with Crippen molar-refractivity contribution in [2.24, 2.45) is 4.99 Å². The first-order valence-corrected chi connectivity index (χ1v) is 12.6. The van der Waals surface area contributed by atoms with Crippen LogP contribution in [-0.4, -0.2) is 49.6 Å². The third-order valence-electron chi connectivity index (χ3n) is 6.01. The smallest absolute Gasteiger partial charge is 0.250 e. The number of nitrogens with zero attached hydrogens (tertiary/aromatic N) is 4. The monoisotopic (exact) mass is 529 g/mol. The summed E-state index contributed by atoms with van der Waals surface area (Å²) in [7, 11) is 1.60. The first-order chi connectivity index (χ1) is 18.6. The highest BCUT2D eigenvalue weighted by Crippen LogP contribution is 2.36. The van der Waals surface area contributed by atoms with E-state index in [9.17, 15) is 0 Å². The minimum atomic E-state index is 0.276. The molecule has 2 heterocycles. The Morgan fingerprint density at radius 3 is 2.58 bits per heavy atom. The summed E-state index contributed by atoms with van der Waals surface area (Å²) >= 11 is 6.30. The second-order valence-corrected chi connectivity index (χ2v) is 9.10. The van der Waals surface area contributed by atoms with Gasteiger partial charge in [0.05, 0.1) is 26.5 Å². The number of hydrogen-bond acceptors (Lipinski definition) is 8. The maximum absolute atomic E-state index is 6.30. The average Bonchev–Trinajstić information content (AvgIpc) is 2.95. The molecule has 1 aliphatic heterocycles. The lowest BCUT2D eigenvalue weighted by atomic mass is 10.2. The SMILES string of the molecule is COc1cc(C)ccc1Oc1nc(Nc2ccc(N3CCOCC3)cc2)ncc1/N=C/c1ccccc1Cl. The van der Waals surface area contributed by atoms with Crippen molar-refractivity contribution in [1.29, 1.82) is 0 Å². The van der Waals surface area contributed by atoms with Gasteiger partial charge in [-0.2, -0.15) is 4.98 Å². The maximum Gasteiger partial charge on any atom is 0.250 e. The summed E-state index contributed by atoms with van der Waals surface area (Å²) in [6.07, 6.45) is 3.28. The van der Waals surface area contributed by atoms with E-state index in [0.717, 1.165) is 48.8 Å². The van der Waals surface area contributed by atoms with Gasteiger partial charge in [-0.05, 0) is 55.0 Å². The molecular weight excluding hydrogens is 502 g/mol. The van der Waals surface area contributed by atoms with Crippen LogP contribution in [0.2, 0.25) is 5.02 Å². The van der Waals surface area contributed by atoms with Crippen molar-refractivity contribution in [1.82, 2.24) is 9.97 Å². The predicted octanol–water partition coefficient (Wildman–Crippen LogP) is 6.57. The van der Waals surface area contributed by atoms with E-state index < -0.39 is 0 Å². The van der Waals surface area contributed by atoms with Crippen LogP contribution in [0.3, 0.4) is 0 Å². The Morgan fingerprint density at radius 1 is 1.03 bits per heavy atom. The second kappa shape index (κ2) is 11.9. The van der Waals surface area contributed by atoms with E-state index in [1.807, 2.05) is 61.5 Å². The molecule has 0 radical (unpaired) electrons. The summed E-state index contributed by atoms with van der Waals surface area (Å²) in [5.41, 5.74) is 4.28. The van der Waals surface area contributed by atoms with E-state index in [4.69, 9.17) is 25.8 Å². The second-order valence-electron chi connectivity index (χ2n) is 8.69. The number of morpholine rings is 1. The molecule has 0 aliphatic carbocycles. The lowest BCUT2D eigenvalue weighted by Gasteiger charge is -2.28. The summed E-state index contributed by atoms with van der Waals surface area (Å²) in [5, 5.41) is 3.85. The van der Waals surface area contributed by atoms with Gasteiger partial charge in [-0.25, -0.2) is 9.98 Å². The van der Waals surface area contributed by atoms with Crippen LogP contribution in [0.5, 0.6) is 17.4 Å². The van der Waals surface area contributed by atoms with Gasteiger partial charge >= 0.3 is 0 Å². The molecule has 9 heteroatoms. The molecule has 4 aromatic rings. The standard InChI is InChI=1S/C29H28ClN5O3/c1-20-7-12-26(27(17-20)36-2)38-28-25(31-18-21-5-3-4-6-24(21)30)19-32-29(34-28)33-22-8-10-23(11-9-22)35-13-15-37-16-14-35/h3-12,17-19H,13-16H2,1-2H3,(H,32,33,34)/b31-18+. The first kappa shape index (κ1) is 25.5. The highest BCUT2D eigenvalue weighted by Gasteiger charge is 2.14. The molecule has 5 rings (SSSR count). The molecule has 8 nitrogen and oxygen atoms in total. The van der Waals surface area contributed by atoms with Crippen LogP contribution >= 0.6 is 11.6 Å². The van der Waals surface area contributed by atoms with Gasteiger partial charge in [0, 0.05) is 41.3 Å². The van der Waals surface area contributed by atoms with Gasteiger partial charge in [-0.3, -0.25) is 0 Å². The third kappa shape index (κ3) is 6.22. The number of ether oxygens (including phenoxy) is 3. The largest absolute Gasteiger partial charge is 0.493 e. The lowest BCUT2D eigenvalue weighted by Crippen LogP contribution is -2.36. The van der Waals surface area contributed by atoms with E-state index in [0.29, 0.717) is 28.2 Å². The Kier molecular flexibility index (Phi) is 8.01. The van der Waals surface area contributed by atoms with Gasteiger partial charge in [0.1, 0.15) is 5.69 Å². The summed E-state index contributed by atoms with van der Waals surface area (Å²) in [6, 6.07) is 21.3. The summed E-state index contributed by atoms with van der Waals surface area (Å²) in [5.74, 6) is 1.77. The normalized spacial score (nSPS) is 13.5. The van der Waals surface area contributed by atoms with Gasteiger partial charge in [0.25, 0.3) is 5.88 Å². The fourth-order valence-corrected chi connectivity index (χ4v) is 4.16. The first-order valence-electron chi connectivity index (χ1n) is 12.3. The molecule has 0 saturated carbocycles. The third-order valence-corrected chi connectivity index (χ3v) is 6.35. The van der Waals surface area contributed by atoms with Crippen LogP contribution in [0.4, 0.5) is 23.0 Å². The van der Waals surface area contributed by atoms with Crippen molar-refractivity contribution in [3.8, 4) is 17.4 Å². The number of methoxy groups -OCH3 is 1. The van der Waals surface area contributed by atoms with E-state index in [2.05, 4.69) is 37.3 Å². The van der Waals surface area contributed by atoms with Crippen molar-refractivity contribution in [3.63, 3.8) is 0 Å². The number of benzene rings is 3. The number of rotatable bonds is 8. The molecule has 1 saturated heterocycles. The van der Waals surface area contributed by atoms with Crippen LogP contribution in [0.1, 0.15) is 11.1 Å². The van der Waals surface area contributed by atoms with E-state index >= 15 is 0 Å². The van der Waals surface area contributed by atoms with Crippen LogP contribution in [0.25, 0.3) is 0 Å². The van der Waals surface area contributed by atoms with Crippen molar-refractivity contribution < 1.29 is 14.2 Å². The molecule has 0 amide bonds. The Labute approximate surface area is 226 Å². The Balaban J connectivity index is 1.42. The quantitative estimate of drug-likeness (QED) is 0.258. The molecule has 1 N–H and O–H groups in total. The number of hydrogen-bond donors (Lipinski definition) is 1. The zero-order valence-corrected chi connectivity index (χ0v) is 22.0. The number of nitrogens with one attached hydrogen (secondary N) is 1. The summed E-state index contributed by atoms with van der Waals surface area (Å²) < 4.78 is 17.2. The molecule has 0 unspecified atom stereocenters. The Hall–Kier alpha value is -4.14. The highest BCUT2D eigenvalue weighted by atomic mass is 35.5. The predicted molar refractivity (Wildman–Crippen MR) is 151 cm³/mol. The Morgan fingerprint density at radius 2 is 1.82 bits per heavy atom. The maximum atomic E-state index is 6.30. The van der Waals surface area contributed by atoms with Gasteiger partial charge in [0.15, 0.2) is 11.5 Å². The topological polar surface area (TPSA) is 81.1 Å². The number of halogens is 1. The van der Waals surface area contributed by atoms with Gasteiger partial charge in [-0.15, -0.1) is 0 Å². The molecule has 194 valence electrons. The van der Waals surface area contributed by atoms with E-state index in [1.165, 1.54) is 0 Å². The van der Waals surface area contributed by atoms with E-state index in [1.54, 1.807) is 19.5 Å². The molecule has 0 spiro atoms. The van der Waals surface area contributed by atoms with Crippen LogP contribution in [-0.2, 0) is 4.74 Å². The molecule has 0 atom stereocenters. The fourth-order valence-electron chi connectivity index (χ4n) is 3.97. The molecule has 0 bridgehead atoms. The minimum absolute atomic E-state index is 0.276. The summed E-state index contributed by atoms with van der Waals surface area (Å²) in [6.45, 7) is 5.24. The average molecular weight is 530 g/mol. The molecule has 1 aromatic heterocycles. The highest BCUT2D eigenvalue weighted by molar-refractivity contribution is 6.33. The Bertz CT molecular complexity index is 1420. The molecular formula is C29H28ClN5O3. The van der Waals surface area contributed by atoms with Crippen LogP contribution in [0.15, 0.2) is 77.9 Å². The molecule has 3 aromatic carbocycles. The van der Waals surface area contributed by atoms with Gasteiger partial charge < -0.3 is 24.4 Å². The fraction of sp³-hybridized carbons (Fsp3) is 0.207. The van der Waals surface area contributed by atoms with Crippen molar-refractivity contribution in [3.05, 3.63) is 89.1 Å². The minimum Gasteiger partial charge on any atom is -0.493 e. The number of aryl methyl sites for hydroxylation is 1. The number of anilines is 3. The van der Waals surface area contributed by atoms with Gasteiger partial charge in [0.2, 0.25) is 5.95 Å². The van der Waals surface area contributed by atoms with Gasteiger partial charge in [-0.1, -0.05) is 35.9 Å². The zero-order valence-electron chi connectivity index (χ0n) is 21.2. The molecule has 1 aliphatic rings. The summed E-state index contributed by atoms with van der Waals surface area (Å²) in [4.78, 5) is 16.0. The number of aromatic nitrogens is 2.